The summed E-state index contributed by atoms with van der Waals surface area (Å²) in [6.07, 6.45) is -16.1. The Hall–Kier alpha value is -4.52. The first kappa shape index (κ1) is 37.7. The lowest BCUT2D eigenvalue weighted by Gasteiger charge is -2.48. The summed E-state index contributed by atoms with van der Waals surface area (Å²) >= 11 is 0. The highest BCUT2D eigenvalue weighted by Gasteiger charge is 2.57. The molecule has 46 heavy (non-hydrogen) atoms. The molecule has 0 aliphatic carbocycles. The number of carbonyl (C=O) groups excluding carboxylic acids is 7. The topological polar surface area (TPSA) is 261 Å². The van der Waals surface area contributed by atoms with Gasteiger partial charge in [-0.05, 0) is 5.53 Å². The van der Waals surface area contributed by atoms with E-state index in [9.17, 15) is 33.6 Å². The lowest BCUT2D eigenvalue weighted by molar-refractivity contribution is -0.344. The van der Waals surface area contributed by atoms with Gasteiger partial charge in [0, 0.05) is 53.4 Å². The standard InChI is InChI=1S/C26H35N3O17/c1-10(30)37-8-17-20(21(40-13(4)33)23(42-15(6)35)25(44-17)28-29-27)46-26-24(43-16(7)36)22(41-14(5)34)19(39-12(3)32)18(45-26)9-38-11(2)31/h17-26H,8-9H2,1-7H3/t17?,18?,19-,20-,21?,22?,23+,24+,25+,26-/m0/s1. The number of nitrogens with zero attached hydrogens (tertiary/aromatic N) is 3. The molecule has 0 N–H and O–H groups in total. The monoisotopic (exact) mass is 661 g/mol. The molecule has 2 aliphatic rings. The molecule has 0 spiro atoms. The number of azide groups is 1. The fourth-order valence-corrected chi connectivity index (χ4v) is 4.63. The van der Waals surface area contributed by atoms with Crippen molar-refractivity contribution < 1.29 is 80.9 Å². The van der Waals surface area contributed by atoms with Crippen molar-refractivity contribution >= 4 is 41.8 Å². The number of rotatable bonds is 12. The van der Waals surface area contributed by atoms with Crippen LogP contribution in [0.5, 0.6) is 0 Å². The zero-order valence-corrected chi connectivity index (χ0v) is 26.0. The highest BCUT2D eigenvalue weighted by Crippen LogP contribution is 2.35. The van der Waals surface area contributed by atoms with Crippen molar-refractivity contribution in [3.05, 3.63) is 10.4 Å². The van der Waals surface area contributed by atoms with Crippen LogP contribution in [-0.4, -0.2) is 116 Å². The van der Waals surface area contributed by atoms with Crippen LogP contribution in [0.25, 0.3) is 10.4 Å². The predicted octanol–water partition coefficient (Wildman–Crippen LogP) is -0.0836. The molecular formula is C26H35N3O17. The number of esters is 7. The van der Waals surface area contributed by atoms with Crippen molar-refractivity contribution in [3.63, 3.8) is 0 Å². The molecule has 0 aromatic rings. The summed E-state index contributed by atoms with van der Waals surface area (Å²) < 4.78 is 54.8. The van der Waals surface area contributed by atoms with Crippen LogP contribution in [0.1, 0.15) is 48.5 Å². The molecule has 20 heteroatoms. The third-order valence-electron chi connectivity index (χ3n) is 6.07. The minimum absolute atomic E-state index is 0.585. The molecule has 0 amide bonds. The van der Waals surface area contributed by atoms with Crippen molar-refractivity contribution in [2.45, 2.75) is 110 Å². The summed E-state index contributed by atoms with van der Waals surface area (Å²) in [5, 5.41) is 3.46. The quantitative estimate of drug-likeness (QED) is 0.0870. The second kappa shape index (κ2) is 17.2. The van der Waals surface area contributed by atoms with Crippen molar-refractivity contribution in [3.8, 4) is 0 Å². The first-order chi connectivity index (χ1) is 21.5. The summed E-state index contributed by atoms with van der Waals surface area (Å²) in [6, 6.07) is 0. The summed E-state index contributed by atoms with van der Waals surface area (Å²) in [4.78, 5) is 86.7. The molecule has 2 heterocycles. The highest BCUT2D eigenvalue weighted by atomic mass is 16.8. The van der Waals surface area contributed by atoms with Crippen LogP contribution in [0.15, 0.2) is 5.11 Å². The van der Waals surface area contributed by atoms with Crippen molar-refractivity contribution in [2.75, 3.05) is 13.2 Å². The van der Waals surface area contributed by atoms with Crippen LogP contribution in [0, 0.1) is 0 Å². The summed E-state index contributed by atoms with van der Waals surface area (Å²) in [7, 11) is 0. The van der Waals surface area contributed by atoms with Gasteiger partial charge in [-0.25, -0.2) is 0 Å². The smallest absolute Gasteiger partial charge is 0.303 e. The largest absolute Gasteiger partial charge is 0.463 e. The normalized spacial score (nSPS) is 30.3. The third kappa shape index (κ3) is 11.1. The Morgan fingerprint density at radius 1 is 0.543 bits per heavy atom. The van der Waals surface area contributed by atoms with E-state index in [2.05, 4.69) is 10.0 Å². The SMILES string of the molecule is CC(=O)OCC1O[C@@H](O[C@H]2C(COC(C)=O)O[C@@H](N=[N+]=[N-])[C@H](OC(C)=O)C2OC(C)=O)[C@H](OC(C)=O)C(OC(C)=O)[C@H]1OC(C)=O. The van der Waals surface area contributed by atoms with E-state index in [0.29, 0.717) is 0 Å². The molecule has 10 atom stereocenters. The Bertz CT molecular complexity index is 1220. The summed E-state index contributed by atoms with van der Waals surface area (Å²) in [5.41, 5.74) is 9.13. The van der Waals surface area contributed by atoms with E-state index in [1.54, 1.807) is 0 Å². The van der Waals surface area contributed by atoms with Gasteiger partial charge < -0.3 is 47.4 Å². The van der Waals surface area contributed by atoms with E-state index in [1.165, 1.54) is 0 Å². The van der Waals surface area contributed by atoms with Gasteiger partial charge in [-0.2, -0.15) is 0 Å². The molecule has 2 saturated heterocycles. The van der Waals surface area contributed by atoms with E-state index >= 15 is 0 Å². The average molecular weight is 662 g/mol. The van der Waals surface area contributed by atoms with Gasteiger partial charge in [0.05, 0.1) is 0 Å². The predicted molar refractivity (Wildman–Crippen MR) is 142 cm³/mol. The van der Waals surface area contributed by atoms with Gasteiger partial charge in [-0.15, -0.1) is 0 Å². The zero-order valence-electron chi connectivity index (χ0n) is 26.0. The van der Waals surface area contributed by atoms with E-state index in [4.69, 9.17) is 52.9 Å². The first-order valence-electron chi connectivity index (χ1n) is 13.7. The van der Waals surface area contributed by atoms with Crippen LogP contribution in [0.3, 0.4) is 0 Å². The Labute approximate surface area is 261 Å². The summed E-state index contributed by atoms with van der Waals surface area (Å²) in [6.45, 7) is 6.05. The maximum Gasteiger partial charge on any atom is 0.303 e. The Morgan fingerprint density at radius 3 is 1.37 bits per heavy atom. The second-order valence-corrected chi connectivity index (χ2v) is 9.89. The third-order valence-corrected chi connectivity index (χ3v) is 6.07. The Morgan fingerprint density at radius 2 is 0.935 bits per heavy atom. The minimum atomic E-state index is -1.82. The molecule has 4 unspecified atom stereocenters. The van der Waals surface area contributed by atoms with E-state index in [-0.39, 0.29) is 0 Å². The molecule has 2 aliphatic heterocycles. The Balaban J connectivity index is 2.73. The maximum absolute atomic E-state index is 12.2. The number of hydrogen-bond acceptors (Lipinski definition) is 18. The molecule has 0 aromatic heterocycles. The average Bonchev–Trinajstić information content (AvgIpc) is 2.91. The summed E-state index contributed by atoms with van der Waals surface area (Å²) in [5.74, 6) is -6.10. The van der Waals surface area contributed by atoms with Crippen LogP contribution < -0.4 is 0 Å². The number of hydrogen-bond donors (Lipinski definition) is 0. The van der Waals surface area contributed by atoms with Gasteiger partial charge in [0.1, 0.15) is 31.5 Å². The van der Waals surface area contributed by atoms with Crippen molar-refractivity contribution in [2.24, 2.45) is 5.11 Å². The fraction of sp³-hybridized carbons (Fsp3) is 0.731. The van der Waals surface area contributed by atoms with Crippen LogP contribution in [0.4, 0.5) is 0 Å². The van der Waals surface area contributed by atoms with E-state index in [0.717, 1.165) is 48.5 Å². The molecule has 0 saturated carbocycles. The Kier molecular flexibility index (Phi) is 14.1. The first-order valence-corrected chi connectivity index (χ1v) is 13.7. The van der Waals surface area contributed by atoms with Gasteiger partial charge >= 0.3 is 41.8 Å². The molecule has 0 aromatic carbocycles. The van der Waals surface area contributed by atoms with E-state index < -0.39 is 116 Å². The number of ether oxygens (including phenoxy) is 10. The van der Waals surface area contributed by atoms with Crippen LogP contribution in [0.2, 0.25) is 0 Å². The van der Waals surface area contributed by atoms with Gasteiger partial charge in [-0.1, -0.05) is 5.11 Å². The molecule has 0 bridgehead atoms. The lowest BCUT2D eigenvalue weighted by atomic mass is 9.95. The van der Waals surface area contributed by atoms with E-state index in [1.807, 2.05) is 0 Å². The van der Waals surface area contributed by atoms with Crippen molar-refractivity contribution in [1.82, 2.24) is 0 Å². The van der Waals surface area contributed by atoms with Crippen LogP contribution in [-0.2, 0) is 80.9 Å². The molecule has 0 radical (unpaired) electrons. The fourth-order valence-electron chi connectivity index (χ4n) is 4.63. The zero-order chi connectivity index (χ0) is 34.7. The van der Waals surface area contributed by atoms with Gasteiger partial charge in [0.25, 0.3) is 0 Å². The lowest BCUT2D eigenvalue weighted by Crippen LogP contribution is -2.67. The molecule has 20 nitrogen and oxygen atoms in total. The minimum Gasteiger partial charge on any atom is -0.463 e. The molecule has 2 rings (SSSR count). The van der Waals surface area contributed by atoms with Gasteiger partial charge in [-0.3, -0.25) is 33.6 Å². The number of carbonyl (C=O) groups is 7. The van der Waals surface area contributed by atoms with Crippen molar-refractivity contribution in [1.29, 1.82) is 0 Å². The van der Waals surface area contributed by atoms with Gasteiger partial charge in [0.15, 0.2) is 43.0 Å². The van der Waals surface area contributed by atoms with Gasteiger partial charge in [0.2, 0.25) is 0 Å². The maximum atomic E-state index is 12.2. The second-order valence-electron chi connectivity index (χ2n) is 9.89. The highest BCUT2D eigenvalue weighted by molar-refractivity contribution is 5.69. The molecule has 2 fully saturated rings. The molecule has 256 valence electrons. The molecular weight excluding hydrogens is 626 g/mol. The van der Waals surface area contributed by atoms with Crippen LogP contribution >= 0.6 is 0 Å².